The summed E-state index contributed by atoms with van der Waals surface area (Å²) in [5, 5.41) is 0. The lowest BCUT2D eigenvalue weighted by atomic mass is 10.0. The average Bonchev–Trinajstić information content (AvgIpc) is 3.13. The molecule has 1 fully saturated rings. The van der Waals surface area contributed by atoms with E-state index in [1.807, 2.05) is 39.1 Å². The maximum absolute atomic E-state index is 12.7. The molecule has 22 heavy (non-hydrogen) atoms. The van der Waals surface area contributed by atoms with Crippen molar-refractivity contribution in [1.82, 2.24) is 9.88 Å². The highest BCUT2D eigenvalue weighted by molar-refractivity contribution is 5.93. The van der Waals surface area contributed by atoms with E-state index < -0.39 is 0 Å². The molecule has 0 saturated carbocycles. The number of nitrogens with zero attached hydrogens (tertiary/aromatic N) is 2. The lowest BCUT2D eigenvalue weighted by molar-refractivity contribution is 0.0491. The van der Waals surface area contributed by atoms with Gasteiger partial charge in [-0.15, -0.1) is 0 Å². The summed E-state index contributed by atoms with van der Waals surface area (Å²) in [7, 11) is 1.81. The lowest BCUT2D eigenvalue weighted by Crippen LogP contribution is -2.39. The van der Waals surface area contributed by atoms with E-state index in [1.54, 1.807) is 17.3 Å². The van der Waals surface area contributed by atoms with Crippen molar-refractivity contribution < 1.29 is 13.9 Å². The van der Waals surface area contributed by atoms with Gasteiger partial charge in [0.05, 0.1) is 6.04 Å². The maximum atomic E-state index is 12.7. The summed E-state index contributed by atoms with van der Waals surface area (Å²) in [4.78, 5) is 18.6. The number of amides is 1. The molecule has 0 spiro atoms. The van der Waals surface area contributed by atoms with Gasteiger partial charge in [0.1, 0.15) is 11.9 Å². The number of aromatic nitrogens is 1. The third-order valence-corrected chi connectivity index (χ3v) is 4.13. The van der Waals surface area contributed by atoms with Crippen LogP contribution in [0, 0.1) is 13.8 Å². The van der Waals surface area contributed by atoms with E-state index in [4.69, 9.17) is 9.15 Å². The predicted octanol–water partition coefficient (Wildman–Crippen LogP) is 2.89. The van der Waals surface area contributed by atoms with Crippen LogP contribution in [0.5, 0.6) is 0 Å². The quantitative estimate of drug-likeness (QED) is 0.874. The maximum Gasteiger partial charge on any atom is 0.289 e. The van der Waals surface area contributed by atoms with Crippen LogP contribution in [0.25, 0.3) is 0 Å². The van der Waals surface area contributed by atoms with Crippen LogP contribution in [0.3, 0.4) is 0 Å². The van der Waals surface area contributed by atoms with E-state index in [0.29, 0.717) is 12.4 Å². The molecule has 0 N–H and O–H groups in total. The number of furan rings is 1. The molecule has 1 aliphatic heterocycles. The molecular weight excluding hydrogens is 280 g/mol. The molecule has 3 heterocycles. The first-order chi connectivity index (χ1) is 10.6. The Morgan fingerprint density at radius 2 is 2.23 bits per heavy atom. The topological polar surface area (TPSA) is 55.6 Å². The Labute approximate surface area is 129 Å². The van der Waals surface area contributed by atoms with Gasteiger partial charge in [-0.25, -0.2) is 0 Å². The fraction of sp³-hybridized carbons (Fsp3) is 0.412. The molecule has 0 bridgehead atoms. The van der Waals surface area contributed by atoms with Crippen molar-refractivity contribution >= 4 is 5.91 Å². The van der Waals surface area contributed by atoms with E-state index in [-0.39, 0.29) is 18.1 Å². The predicted molar refractivity (Wildman–Crippen MR) is 81.6 cm³/mol. The molecule has 0 radical (unpaired) electrons. The first kappa shape index (κ1) is 14.8. The minimum absolute atomic E-state index is 0.0125. The number of pyridine rings is 1. The summed E-state index contributed by atoms with van der Waals surface area (Å²) in [5.41, 5.74) is 1.86. The molecule has 5 nitrogen and oxygen atoms in total. The Morgan fingerprint density at radius 3 is 2.86 bits per heavy atom. The van der Waals surface area contributed by atoms with Gasteiger partial charge in [0.15, 0.2) is 5.76 Å². The highest BCUT2D eigenvalue weighted by Crippen LogP contribution is 2.33. The zero-order valence-corrected chi connectivity index (χ0v) is 13.1. The highest BCUT2D eigenvalue weighted by atomic mass is 16.5. The Balaban J connectivity index is 1.83. The molecular formula is C17H20N2O3. The fourth-order valence-corrected chi connectivity index (χ4v) is 3.00. The monoisotopic (exact) mass is 300 g/mol. The summed E-state index contributed by atoms with van der Waals surface area (Å²) in [6.45, 7) is 4.38. The zero-order valence-electron chi connectivity index (χ0n) is 13.1. The minimum atomic E-state index is -0.140. The van der Waals surface area contributed by atoms with Crippen molar-refractivity contribution in [3.8, 4) is 0 Å². The summed E-state index contributed by atoms with van der Waals surface area (Å²) >= 11 is 0. The van der Waals surface area contributed by atoms with Gasteiger partial charge in [-0.3, -0.25) is 9.78 Å². The number of ether oxygens (including phenoxy) is 1. The van der Waals surface area contributed by atoms with Gasteiger partial charge in [-0.1, -0.05) is 6.07 Å². The van der Waals surface area contributed by atoms with E-state index in [9.17, 15) is 4.79 Å². The molecule has 0 aromatic carbocycles. The summed E-state index contributed by atoms with van der Waals surface area (Å²) in [6.07, 6.45) is 4.19. The van der Waals surface area contributed by atoms with Crippen LogP contribution >= 0.6 is 0 Å². The second kappa shape index (κ2) is 5.93. The molecule has 2 aromatic rings. The third kappa shape index (κ3) is 2.64. The van der Waals surface area contributed by atoms with Crippen molar-refractivity contribution in [3.63, 3.8) is 0 Å². The first-order valence-electron chi connectivity index (χ1n) is 7.43. The normalized spacial score (nSPS) is 21.0. The van der Waals surface area contributed by atoms with Gasteiger partial charge in [0.2, 0.25) is 0 Å². The molecule has 1 amide bonds. The van der Waals surface area contributed by atoms with Crippen LogP contribution < -0.4 is 0 Å². The smallest absolute Gasteiger partial charge is 0.289 e. The number of hydrogen-bond donors (Lipinski definition) is 0. The molecule has 0 aliphatic carbocycles. The van der Waals surface area contributed by atoms with Crippen molar-refractivity contribution in [1.29, 1.82) is 0 Å². The van der Waals surface area contributed by atoms with Gasteiger partial charge < -0.3 is 14.1 Å². The Kier molecular flexibility index (Phi) is 3.98. The van der Waals surface area contributed by atoms with E-state index in [0.717, 1.165) is 23.3 Å². The number of carbonyl (C=O) groups is 1. The summed E-state index contributed by atoms with van der Waals surface area (Å²) in [6, 6.07) is 5.73. The third-order valence-electron chi connectivity index (χ3n) is 4.13. The molecule has 1 aliphatic rings. The van der Waals surface area contributed by atoms with Gasteiger partial charge in [0.25, 0.3) is 5.91 Å². The van der Waals surface area contributed by atoms with Crippen molar-refractivity contribution in [2.75, 3.05) is 13.7 Å². The van der Waals surface area contributed by atoms with Crippen molar-refractivity contribution in [3.05, 3.63) is 53.2 Å². The van der Waals surface area contributed by atoms with Crippen LogP contribution in [-0.4, -0.2) is 35.5 Å². The van der Waals surface area contributed by atoms with Crippen molar-refractivity contribution in [2.45, 2.75) is 32.4 Å². The molecule has 5 heteroatoms. The second-order valence-corrected chi connectivity index (χ2v) is 5.72. The molecule has 2 atom stereocenters. The molecule has 3 rings (SSSR count). The molecule has 1 saturated heterocycles. The number of aryl methyl sites for hydroxylation is 2. The van der Waals surface area contributed by atoms with Gasteiger partial charge in [0, 0.05) is 37.2 Å². The molecule has 0 unspecified atom stereocenters. The number of hydrogen-bond acceptors (Lipinski definition) is 4. The van der Waals surface area contributed by atoms with Crippen LogP contribution in [0.2, 0.25) is 0 Å². The van der Waals surface area contributed by atoms with Crippen LogP contribution in [0.1, 0.15) is 40.0 Å². The Morgan fingerprint density at radius 1 is 1.41 bits per heavy atom. The van der Waals surface area contributed by atoms with Gasteiger partial charge >= 0.3 is 0 Å². The summed E-state index contributed by atoms with van der Waals surface area (Å²) in [5.74, 6) is 1.06. The Hall–Kier alpha value is -2.14. The van der Waals surface area contributed by atoms with E-state index >= 15 is 0 Å². The molecule has 116 valence electrons. The minimum Gasteiger partial charge on any atom is -0.456 e. The van der Waals surface area contributed by atoms with E-state index in [2.05, 4.69) is 4.98 Å². The van der Waals surface area contributed by atoms with E-state index in [1.165, 1.54) is 0 Å². The second-order valence-electron chi connectivity index (χ2n) is 5.72. The largest absolute Gasteiger partial charge is 0.456 e. The van der Waals surface area contributed by atoms with Crippen LogP contribution in [-0.2, 0) is 4.74 Å². The SMILES string of the molecule is Cc1cc(C)c(C(=O)N(C)[C@H]2CCO[C@@H]2c2cccnc2)o1. The zero-order chi connectivity index (χ0) is 15.7. The standard InChI is InChI=1S/C17H20N2O3/c1-11-9-12(2)22-15(11)17(20)19(3)14-6-8-21-16(14)13-5-4-7-18-10-13/h4-5,7,9-10,14,16H,6,8H2,1-3H3/t14-,16+/m0/s1. The summed E-state index contributed by atoms with van der Waals surface area (Å²) < 4.78 is 11.4. The average molecular weight is 300 g/mol. The Bertz CT molecular complexity index is 666. The number of likely N-dealkylation sites (N-methyl/N-ethyl adjacent to an activating group) is 1. The fourth-order valence-electron chi connectivity index (χ4n) is 3.00. The lowest BCUT2D eigenvalue weighted by Gasteiger charge is -2.28. The van der Waals surface area contributed by atoms with Crippen LogP contribution in [0.4, 0.5) is 0 Å². The highest BCUT2D eigenvalue weighted by Gasteiger charge is 2.36. The molecule has 2 aromatic heterocycles. The first-order valence-corrected chi connectivity index (χ1v) is 7.43. The number of rotatable bonds is 3. The van der Waals surface area contributed by atoms with Gasteiger partial charge in [-0.05, 0) is 32.4 Å². The van der Waals surface area contributed by atoms with Crippen molar-refractivity contribution in [2.24, 2.45) is 0 Å². The number of carbonyl (C=O) groups excluding carboxylic acids is 1. The van der Waals surface area contributed by atoms with Crippen LogP contribution in [0.15, 0.2) is 35.0 Å². The van der Waals surface area contributed by atoms with Gasteiger partial charge in [-0.2, -0.15) is 0 Å².